The number of benzene rings is 2. The molecule has 7 heteroatoms. The van der Waals surface area contributed by atoms with Crippen molar-refractivity contribution < 1.29 is 13.6 Å². The Morgan fingerprint density at radius 1 is 1.04 bits per heavy atom. The third-order valence-electron chi connectivity index (χ3n) is 3.91. The maximum Gasteiger partial charge on any atom is 0.274 e. The predicted molar refractivity (Wildman–Crippen MR) is 99.6 cm³/mol. The molecule has 0 spiro atoms. The molecule has 2 aromatic carbocycles. The highest BCUT2D eigenvalue weighted by Crippen LogP contribution is 2.20. The Kier molecular flexibility index (Phi) is 5.40. The van der Waals surface area contributed by atoms with E-state index in [2.05, 4.69) is 15.3 Å². The topological polar surface area (TPSA) is 58.1 Å². The SMILES string of the molecule is Cc1nc(C(=O)Nc2c(F)cccc2F)cc(N(C)Cc2ccccc2)n1. The normalized spacial score (nSPS) is 10.5. The fourth-order valence-electron chi connectivity index (χ4n) is 2.60. The number of aryl methyl sites for hydroxylation is 1. The highest BCUT2D eigenvalue weighted by atomic mass is 19.1. The van der Waals surface area contributed by atoms with E-state index in [4.69, 9.17) is 0 Å². The van der Waals surface area contributed by atoms with Crippen LogP contribution in [0.1, 0.15) is 21.9 Å². The van der Waals surface area contributed by atoms with Crippen molar-refractivity contribution in [1.29, 1.82) is 0 Å². The van der Waals surface area contributed by atoms with Gasteiger partial charge in [-0.05, 0) is 24.6 Å². The van der Waals surface area contributed by atoms with Gasteiger partial charge in [-0.25, -0.2) is 18.7 Å². The van der Waals surface area contributed by atoms with Gasteiger partial charge in [-0.2, -0.15) is 0 Å². The molecule has 0 unspecified atom stereocenters. The van der Waals surface area contributed by atoms with Crippen LogP contribution in [0.15, 0.2) is 54.6 Å². The van der Waals surface area contributed by atoms with Gasteiger partial charge < -0.3 is 10.2 Å². The Labute approximate surface area is 155 Å². The van der Waals surface area contributed by atoms with E-state index in [0.29, 0.717) is 18.2 Å². The van der Waals surface area contributed by atoms with Gasteiger partial charge >= 0.3 is 0 Å². The molecule has 0 saturated heterocycles. The number of carbonyl (C=O) groups excluding carboxylic acids is 1. The Bertz CT molecular complexity index is 943. The summed E-state index contributed by atoms with van der Waals surface area (Å²) in [4.78, 5) is 22.7. The van der Waals surface area contributed by atoms with Crippen LogP contribution in [0.3, 0.4) is 0 Å². The van der Waals surface area contributed by atoms with Crippen LogP contribution in [0.5, 0.6) is 0 Å². The number of nitrogens with one attached hydrogen (secondary N) is 1. The third-order valence-corrected chi connectivity index (χ3v) is 3.91. The van der Waals surface area contributed by atoms with Crippen molar-refractivity contribution in [1.82, 2.24) is 9.97 Å². The number of para-hydroxylation sites is 1. The molecular formula is C20H18F2N4O. The van der Waals surface area contributed by atoms with Crippen LogP contribution in [0.25, 0.3) is 0 Å². The maximum absolute atomic E-state index is 13.8. The minimum Gasteiger partial charge on any atom is -0.355 e. The van der Waals surface area contributed by atoms with Gasteiger partial charge in [0.15, 0.2) is 0 Å². The molecule has 0 aliphatic carbocycles. The van der Waals surface area contributed by atoms with Gasteiger partial charge in [-0.1, -0.05) is 36.4 Å². The maximum atomic E-state index is 13.8. The van der Waals surface area contributed by atoms with Crippen LogP contribution < -0.4 is 10.2 Å². The fourth-order valence-corrected chi connectivity index (χ4v) is 2.60. The van der Waals surface area contributed by atoms with E-state index >= 15 is 0 Å². The Morgan fingerprint density at radius 3 is 2.37 bits per heavy atom. The second kappa shape index (κ2) is 7.90. The first kappa shape index (κ1) is 18.4. The van der Waals surface area contributed by atoms with Crippen molar-refractivity contribution >= 4 is 17.4 Å². The first-order valence-corrected chi connectivity index (χ1v) is 8.30. The zero-order valence-corrected chi connectivity index (χ0v) is 14.9. The lowest BCUT2D eigenvalue weighted by molar-refractivity contribution is 0.102. The van der Waals surface area contributed by atoms with Crippen LogP contribution >= 0.6 is 0 Å². The molecule has 0 bridgehead atoms. The van der Waals surface area contributed by atoms with E-state index in [9.17, 15) is 13.6 Å². The van der Waals surface area contributed by atoms with E-state index in [0.717, 1.165) is 17.7 Å². The number of carbonyl (C=O) groups is 1. The molecule has 3 rings (SSSR count). The molecule has 0 radical (unpaired) electrons. The van der Waals surface area contributed by atoms with Gasteiger partial charge in [0.25, 0.3) is 5.91 Å². The number of anilines is 2. The first-order valence-electron chi connectivity index (χ1n) is 8.30. The van der Waals surface area contributed by atoms with E-state index in [-0.39, 0.29) is 5.69 Å². The molecule has 1 N–H and O–H groups in total. The quantitative estimate of drug-likeness (QED) is 0.741. The van der Waals surface area contributed by atoms with E-state index in [1.807, 2.05) is 42.3 Å². The molecule has 0 saturated carbocycles. The van der Waals surface area contributed by atoms with Gasteiger partial charge in [-0.3, -0.25) is 4.79 Å². The fraction of sp³-hybridized carbons (Fsp3) is 0.150. The third kappa shape index (κ3) is 4.44. The molecule has 138 valence electrons. The Balaban J connectivity index is 1.83. The van der Waals surface area contributed by atoms with Crippen LogP contribution in [0.4, 0.5) is 20.3 Å². The van der Waals surface area contributed by atoms with E-state index < -0.39 is 23.2 Å². The van der Waals surface area contributed by atoms with Crippen LogP contribution in [0.2, 0.25) is 0 Å². The second-order valence-electron chi connectivity index (χ2n) is 6.05. The summed E-state index contributed by atoms with van der Waals surface area (Å²) in [5, 5.41) is 2.24. The van der Waals surface area contributed by atoms with Crippen molar-refractivity contribution in [3.8, 4) is 0 Å². The minimum atomic E-state index is -0.851. The zero-order chi connectivity index (χ0) is 19.4. The summed E-state index contributed by atoms with van der Waals surface area (Å²) in [6, 6.07) is 14.6. The molecule has 27 heavy (non-hydrogen) atoms. The molecular weight excluding hydrogens is 350 g/mol. The molecule has 1 heterocycles. The highest BCUT2D eigenvalue weighted by Gasteiger charge is 2.17. The molecule has 1 aromatic heterocycles. The van der Waals surface area contributed by atoms with Crippen molar-refractivity contribution in [3.05, 3.63) is 83.3 Å². The average Bonchev–Trinajstić information content (AvgIpc) is 2.65. The summed E-state index contributed by atoms with van der Waals surface area (Å²) in [7, 11) is 1.84. The number of rotatable bonds is 5. The lowest BCUT2D eigenvalue weighted by Crippen LogP contribution is -2.21. The monoisotopic (exact) mass is 368 g/mol. The largest absolute Gasteiger partial charge is 0.355 e. The summed E-state index contributed by atoms with van der Waals surface area (Å²) >= 11 is 0. The second-order valence-corrected chi connectivity index (χ2v) is 6.05. The number of halogens is 2. The molecule has 0 aliphatic heterocycles. The number of hydrogen-bond acceptors (Lipinski definition) is 4. The number of amides is 1. The molecule has 0 fully saturated rings. The minimum absolute atomic E-state index is 0.0278. The molecule has 5 nitrogen and oxygen atoms in total. The van der Waals surface area contributed by atoms with Gasteiger partial charge in [0, 0.05) is 19.7 Å². The number of hydrogen-bond donors (Lipinski definition) is 1. The summed E-state index contributed by atoms with van der Waals surface area (Å²) in [6.45, 7) is 2.24. The number of aromatic nitrogens is 2. The molecule has 1 amide bonds. The van der Waals surface area contributed by atoms with Gasteiger partial charge in [0.2, 0.25) is 0 Å². The van der Waals surface area contributed by atoms with Crippen molar-refractivity contribution in [2.45, 2.75) is 13.5 Å². The molecule has 0 aliphatic rings. The lowest BCUT2D eigenvalue weighted by atomic mass is 10.2. The van der Waals surface area contributed by atoms with E-state index in [1.165, 1.54) is 12.1 Å². The summed E-state index contributed by atoms with van der Waals surface area (Å²) in [5.41, 5.74) is 0.605. The molecule has 0 atom stereocenters. The van der Waals surface area contributed by atoms with Crippen molar-refractivity contribution in [2.75, 3.05) is 17.3 Å². The van der Waals surface area contributed by atoms with Crippen LogP contribution in [-0.2, 0) is 6.54 Å². The van der Waals surface area contributed by atoms with Crippen molar-refractivity contribution in [3.63, 3.8) is 0 Å². The first-order chi connectivity index (χ1) is 12.9. The molecule has 3 aromatic rings. The van der Waals surface area contributed by atoms with Crippen LogP contribution in [0, 0.1) is 18.6 Å². The van der Waals surface area contributed by atoms with E-state index in [1.54, 1.807) is 6.92 Å². The van der Waals surface area contributed by atoms with Gasteiger partial charge in [0.05, 0.1) is 0 Å². The standard InChI is InChI=1S/C20H18F2N4O/c1-13-23-17(20(27)25-19-15(21)9-6-10-16(19)22)11-18(24-13)26(2)12-14-7-4-3-5-8-14/h3-11H,12H2,1-2H3,(H,25,27). The van der Waals surface area contributed by atoms with Crippen LogP contribution in [-0.4, -0.2) is 22.9 Å². The Morgan fingerprint density at radius 2 is 1.70 bits per heavy atom. The zero-order valence-electron chi connectivity index (χ0n) is 14.9. The van der Waals surface area contributed by atoms with Gasteiger partial charge in [0.1, 0.15) is 34.7 Å². The van der Waals surface area contributed by atoms with Gasteiger partial charge in [-0.15, -0.1) is 0 Å². The smallest absolute Gasteiger partial charge is 0.274 e. The average molecular weight is 368 g/mol. The van der Waals surface area contributed by atoms with Crippen molar-refractivity contribution in [2.24, 2.45) is 0 Å². The Hall–Kier alpha value is -3.35. The highest BCUT2D eigenvalue weighted by molar-refractivity contribution is 6.03. The predicted octanol–water partition coefficient (Wildman–Crippen LogP) is 3.95. The lowest BCUT2D eigenvalue weighted by Gasteiger charge is -2.19. The summed E-state index contributed by atoms with van der Waals surface area (Å²) in [6.07, 6.45) is 0. The summed E-state index contributed by atoms with van der Waals surface area (Å²) < 4.78 is 27.5. The number of nitrogens with zero attached hydrogens (tertiary/aromatic N) is 3. The summed E-state index contributed by atoms with van der Waals surface area (Å²) in [5.74, 6) is -1.50.